The van der Waals surface area contributed by atoms with E-state index in [1.54, 1.807) is 0 Å². The third kappa shape index (κ3) is 4.07. The second kappa shape index (κ2) is 10.1. The van der Waals surface area contributed by atoms with Gasteiger partial charge in [0.2, 0.25) is 0 Å². The molecule has 0 bridgehead atoms. The van der Waals surface area contributed by atoms with Crippen LogP contribution < -0.4 is 4.90 Å². The summed E-state index contributed by atoms with van der Waals surface area (Å²) in [7, 11) is 0. The van der Waals surface area contributed by atoms with Crippen LogP contribution in [0.25, 0.3) is 63.6 Å². The summed E-state index contributed by atoms with van der Waals surface area (Å²) in [6.07, 6.45) is 0. The molecule has 9 aromatic rings. The Hall–Kier alpha value is -5.44. The van der Waals surface area contributed by atoms with Crippen LogP contribution in [0.15, 0.2) is 164 Å². The monoisotopic (exact) mass is 577 g/mol. The van der Waals surface area contributed by atoms with Gasteiger partial charge in [0.05, 0.1) is 0 Å². The molecule has 0 aliphatic rings. The Morgan fingerprint density at radius 2 is 0.886 bits per heavy atom. The van der Waals surface area contributed by atoms with Gasteiger partial charge >= 0.3 is 0 Å². The molecule has 0 fully saturated rings. The molecule has 0 aliphatic heterocycles. The highest BCUT2D eigenvalue weighted by molar-refractivity contribution is 7.26. The van der Waals surface area contributed by atoms with Crippen molar-refractivity contribution >= 4 is 80.9 Å². The van der Waals surface area contributed by atoms with Gasteiger partial charge in [-0.1, -0.05) is 121 Å². The van der Waals surface area contributed by atoms with Crippen LogP contribution in [-0.2, 0) is 0 Å². The van der Waals surface area contributed by atoms with E-state index in [4.69, 9.17) is 0 Å². The SMILES string of the molecule is c1ccc(-c2ccc(N(c3ccc4ccc5ccccc5c4c3)c3ccc4sc5c6ccccc6ccc5c4c3)cc2)cc1. The standard InChI is InChI=1S/C42H27NS/c1-2-8-28(9-3-1)29-16-20-33(21-17-29)43(34-22-18-32-15-14-30-10-4-6-12-36(30)39(32)26-34)35-23-25-41-40(27-35)38-24-19-31-11-5-7-13-37(31)42(38)44-41/h1-27H. The van der Waals surface area contributed by atoms with Crippen molar-refractivity contribution in [3.63, 3.8) is 0 Å². The summed E-state index contributed by atoms with van der Waals surface area (Å²) in [6, 6.07) is 59.8. The maximum Gasteiger partial charge on any atom is 0.0468 e. The van der Waals surface area contributed by atoms with Crippen molar-refractivity contribution in [1.82, 2.24) is 0 Å². The lowest BCUT2D eigenvalue weighted by molar-refractivity contribution is 1.30. The fraction of sp³-hybridized carbons (Fsp3) is 0. The van der Waals surface area contributed by atoms with Gasteiger partial charge < -0.3 is 4.90 Å². The first kappa shape index (κ1) is 25.1. The fourth-order valence-electron chi connectivity index (χ4n) is 6.64. The molecule has 0 radical (unpaired) electrons. The predicted molar refractivity (Wildman–Crippen MR) is 192 cm³/mol. The molecule has 44 heavy (non-hydrogen) atoms. The quantitative estimate of drug-likeness (QED) is 0.188. The lowest BCUT2D eigenvalue weighted by atomic mass is 10.0. The third-order valence-corrected chi connectivity index (χ3v) is 10.0. The number of hydrogen-bond donors (Lipinski definition) is 0. The van der Waals surface area contributed by atoms with E-state index in [9.17, 15) is 0 Å². The van der Waals surface area contributed by atoms with Crippen molar-refractivity contribution in [2.45, 2.75) is 0 Å². The highest BCUT2D eigenvalue weighted by Crippen LogP contribution is 2.43. The minimum absolute atomic E-state index is 1.13. The van der Waals surface area contributed by atoms with Gasteiger partial charge in [0.15, 0.2) is 0 Å². The van der Waals surface area contributed by atoms with Gasteiger partial charge in [0.1, 0.15) is 0 Å². The summed E-state index contributed by atoms with van der Waals surface area (Å²) < 4.78 is 2.66. The molecule has 0 N–H and O–H groups in total. The maximum atomic E-state index is 2.40. The lowest BCUT2D eigenvalue weighted by Gasteiger charge is -2.26. The van der Waals surface area contributed by atoms with Crippen molar-refractivity contribution in [2.75, 3.05) is 4.90 Å². The van der Waals surface area contributed by atoms with Crippen LogP contribution in [0.3, 0.4) is 0 Å². The fourth-order valence-corrected chi connectivity index (χ4v) is 7.86. The average Bonchev–Trinajstić information content (AvgIpc) is 3.48. The number of anilines is 3. The molecular weight excluding hydrogens is 551 g/mol. The van der Waals surface area contributed by atoms with Crippen molar-refractivity contribution in [2.24, 2.45) is 0 Å². The van der Waals surface area contributed by atoms with E-state index < -0.39 is 0 Å². The van der Waals surface area contributed by atoms with Gasteiger partial charge in [-0.2, -0.15) is 0 Å². The van der Waals surface area contributed by atoms with E-state index in [1.807, 2.05) is 11.3 Å². The molecule has 0 saturated heterocycles. The summed E-state index contributed by atoms with van der Waals surface area (Å²) in [5.41, 5.74) is 5.86. The number of nitrogens with zero attached hydrogens (tertiary/aromatic N) is 1. The zero-order chi connectivity index (χ0) is 29.0. The van der Waals surface area contributed by atoms with E-state index in [1.165, 1.54) is 63.6 Å². The second-order valence-electron chi connectivity index (χ2n) is 11.4. The summed E-state index contributed by atoms with van der Waals surface area (Å²) >= 11 is 1.89. The molecule has 206 valence electrons. The van der Waals surface area contributed by atoms with Gasteiger partial charge in [-0.15, -0.1) is 11.3 Å². The smallest absolute Gasteiger partial charge is 0.0468 e. The molecule has 0 saturated carbocycles. The van der Waals surface area contributed by atoms with Gasteiger partial charge in [-0.3, -0.25) is 0 Å². The first-order chi connectivity index (χ1) is 21.8. The summed E-state index contributed by atoms with van der Waals surface area (Å²) in [6.45, 7) is 0. The van der Waals surface area contributed by atoms with Crippen molar-refractivity contribution < 1.29 is 0 Å². The Bertz CT molecular complexity index is 2490. The van der Waals surface area contributed by atoms with Crippen molar-refractivity contribution in [1.29, 1.82) is 0 Å². The third-order valence-electron chi connectivity index (χ3n) is 8.82. The summed E-state index contributed by atoms with van der Waals surface area (Å²) in [5, 5.41) is 10.3. The van der Waals surface area contributed by atoms with E-state index in [2.05, 4.69) is 169 Å². The van der Waals surface area contributed by atoms with E-state index in [0.29, 0.717) is 0 Å². The molecule has 0 amide bonds. The van der Waals surface area contributed by atoms with Gasteiger partial charge in [0, 0.05) is 37.2 Å². The molecule has 2 heteroatoms. The Morgan fingerprint density at radius 3 is 1.68 bits per heavy atom. The van der Waals surface area contributed by atoms with Crippen molar-refractivity contribution in [3.8, 4) is 11.1 Å². The molecule has 0 spiro atoms. The largest absolute Gasteiger partial charge is 0.310 e. The molecule has 1 heterocycles. The minimum Gasteiger partial charge on any atom is -0.310 e. The number of hydrogen-bond acceptors (Lipinski definition) is 2. The molecule has 1 aromatic heterocycles. The van der Waals surface area contributed by atoms with Crippen LogP contribution in [0.4, 0.5) is 17.1 Å². The van der Waals surface area contributed by atoms with E-state index >= 15 is 0 Å². The van der Waals surface area contributed by atoms with E-state index in [-0.39, 0.29) is 0 Å². The number of fused-ring (bicyclic) bond motifs is 8. The average molecular weight is 578 g/mol. The van der Waals surface area contributed by atoms with Crippen LogP contribution in [0.5, 0.6) is 0 Å². The lowest BCUT2D eigenvalue weighted by Crippen LogP contribution is -2.09. The first-order valence-corrected chi connectivity index (χ1v) is 15.8. The van der Waals surface area contributed by atoms with Crippen LogP contribution >= 0.6 is 11.3 Å². The zero-order valence-electron chi connectivity index (χ0n) is 23.9. The van der Waals surface area contributed by atoms with Crippen molar-refractivity contribution in [3.05, 3.63) is 164 Å². The van der Waals surface area contributed by atoms with Gasteiger partial charge in [-0.25, -0.2) is 0 Å². The molecule has 8 aromatic carbocycles. The second-order valence-corrected chi connectivity index (χ2v) is 12.4. The Morgan fingerprint density at radius 1 is 0.341 bits per heavy atom. The van der Waals surface area contributed by atoms with E-state index in [0.717, 1.165) is 17.1 Å². The molecule has 0 aliphatic carbocycles. The molecule has 1 nitrogen and oxygen atoms in total. The Labute approximate surface area is 259 Å². The topological polar surface area (TPSA) is 3.24 Å². The van der Waals surface area contributed by atoms with Gasteiger partial charge in [-0.05, 0) is 85.9 Å². The number of rotatable bonds is 4. The molecule has 9 rings (SSSR count). The highest BCUT2D eigenvalue weighted by Gasteiger charge is 2.17. The van der Waals surface area contributed by atoms with Crippen LogP contribution in [0, 0.1) is 0 Å². The number of thiophene rings is 1. The van der Waals surface area contributed by atoms with Crippen LogP contribution in [-0.4, -0.2) is 0 Å². The van der Waals surface area contributed by atoms with Crippen LogP contribution in [0.2, 0.25) is 0 Å². The normalized spacial score (nSPS) is 11.6. The minimum atomic E-state index is 1.13. The molecular formula is C42H27NS. The number of benzene rings is 8. The highest BCUT2D eigenvalue weighted by atomic mass is 32.1. The predicted octanol–water partition coefficient (Wildman–Crippen LogP) is 12.7. The Balaban J connectivity index is 1.26. The first-order valence-electron chi connectivity index (χ1n) is 15.0. The maximum absolute atomic E-state index is 2.40. The summed E-state index contributed by atoms with van der Waals surface area (Å²) in [5.74, 6) is 0. The van der Waals surface area contributed by atoms with Crippen LogP contribution in [0.1, 0.15) is 0 Å². The Kier molecular flexibility index (Phi) is 5.75. The summed E-state index contributed by atoms with van der Waals surface area (Å²) in [4.78, 5) is 2.40. The van der Waals surface area contributed by atoms with Gasteiger partial charge in [0.25, 0.3) is 0 Å². The molecule has 0 atom stereocenters. The molecule has 0 unspecified atom stereocenters. The zero-order valence-corrected chi connectivity index (χ0v) is 24.8.